The highest BCUT2D eigenvalue weighted by Crippen LogP contribution is 2.34. The van der Waals surface area contributed by atoms with Crippen LogP contribution >= 0.6 is 0 Å². The summed E-state index contributed by atoms with van der Waals surface area (Å²) >= 11 is 0. The van der Waals surface area contributed by atoms with Crippen molar-refractivity contribution < 1.29 is 31.2 Å². The van der Waals surface area contributed by atoms with Gasteiger partial charge in [-0.05, 0) is 36.4 Å². The van der Waals surface area contributed by atoms with Gasteiger partial charge in [-0.3, -0.25) is 4.79 Å². The number of ether oxygens (including phenoxy) is 1. The van der Waals surface area contributed by atoms with Crippen molar-refractivity contribution in [1.29, 1.82) is 0 Å². The summed E-state index contributed by atoms with van der Waals surface area (Å²) < 4.78 is 55.4. The summed E-state index contributed by atoms with van der Waals surface area (Å²) in [6, 6.07) is 26.2. The number of sulfonamides is 1. The molecular weight excluding hydrogens is 964 g/mol. The second-order valence-corrected chi connectivity index (χ2v) is 24.4. The van der Waals surface area contributed by atoms with Crippen molar-refractivity contribution >= 4 is 54.5 Å². The van der Waals surface area contributed by atoms with Crippen LogP contribution in [0.1, 0.15) is 134 Å². The molecule has 2 aliphatic heterocycles. The predicted molar refractivity (Wildman–Crippen MR) is 292 cm³/mol. The molecule has 0 radical (unpaired) electrons. The van der Waals surface area contributed by atoms with Gasteiger partial charge in [-0.25, -0.2) is 18.8 Å². The number of rotatable bonds is 0. The average Bonchev–Trinajstić information content (AvgIpc) is 3.58. The predicted octanol–water partition coefficient (Wildman–Crippen LogP) is 11.1. The van der Waals surface area contributed by atoms with Crippen molar-refractivity contribution in [3.8, 4) is 0 Å². The topological polar surface area (TPSA) is 208 Å². The molecule has 0 atom stereocenters. The molecule has 2 aliphatic rings. The molecule has 1 fully saturated rings. The van der Waals surface area contributed by atoms with Crippen molar-refractivity contribution in [2.45, 2.75) is 132 Å². The highest BCUT2D eigenvalue weighted by Gasteiger charge is 2.34. The fourth-order valence-corrected chi connectivity index (χ4v) is 9.18. The van der Waals surface area contributed by atoms with Crippen molar-refractivity contribution in [2.75, 3.05) is 26.3 Å². The third-order valence-electron chi connectivity index (χ3n) is 11.2. The maximum absolute atomic E-state index is 13.0. The number of aromatic nitrogens is 4. The Morgan fingerprint density at radius 3 is 1.65 bits per heavy atom. The Labute approximate surface area is 433 Å². The van der Waals surface area contributed by atoms with Gasteiger partial charge >= 0.3 is 17.2 Å². The number of hydrogen-bond donors (Lipinski definition) is 1. The van der Waals surface area contributed by atoms with Gasteiger partial charge in [0.1, 0.15) is 17.0 Å². The van der Waals surface area contributed by atoms with Crippen LogP contribution in [-0.2, 0) is 35.8 Å². The van der Waals surface area contributed by atoms with Gasteiger partial charge in [0.2, 0.25) is 5.91 Å². The molecule has 0 saturated carbocycles. The molecule has 15 nitrogen and oxygen atoms in total. The second-order valence-electron chi connectivity index (χ2n) is 22.8. The highest BCUT2D eigenvalue weighted by atomic mass is 32.2. The number of nitrogens with zero attached hydrogens (tertiary/aromatic N) is 5. The zero-order valence-corrected chi connectivity index (χ0v) is 45.5. The molecule has 0 spiro atoms. The monoisotopic (exact) mass is 1040 g/mol. The molecule has 7 aromatic rings. The standard InChI is InChI=1S/C12H12FNO2.C12H14N2O.C12H13NO2.C11H13NO2S.C9H17NO2.CH4/c1-12(2,3)10-8-5-4-7(13)6-9(8)16-11(15)14-10;1-12(2,3)10-8-6-4-5-7-9(8)13-11(15)14-10;1-12(2,3)10-8-6-4-5-7-9(8)15-11(14)13-10;1-11(2,3)10-8-6-4-5-7-9(8)15(13,14)12-10;1-9(2,3)8(11)10-4-6-12-7-5-10;/h4-6H,1-3H3;4-7H,1-3H3,(H,13,14,15);2*4-7H,1-3H3;4-7H2,1-3H3;1H4. The molecule has 398 valence electrons. The zero-order valence-electron chi connectivity index (χ0n) is 44.7. The fourth-order valence-electron chi connectivity index (χ4n) is 7.78. The normalized spacial score (nSPS) is 14.3. The number of benzene rings is 4. The van der Waals surface area contributed by atoms with Crippen LogP contribution in [0.25, 0.3) is 32.8 Å². The van der Waals surface area contributed by atoms with Crippen LogP contribution in [0.5, 0.6) is 0 Å². The van der Waals surface area contributed by atoms with E-state index in [2.05, 4.69) is 45.1 Å². The van der Waals surface area contributed by atoms with Crippen molar-refractivity contribution in [3.63, 3.8) is 0 Å². The number of amides is 1. The van der Waals surface area contributed by atoms with Gasteiger partial charge in [0, 0.05) is 73.6 Å². The lowest BCUT2D eigenvalue weighted by Crippen LogP contribution is -2.45. The highest BCUT2D eigenvalue weighted by molar-refractivity contribution is 7.90. The first-order valence-corrected chi connectivity index (χ1v) is 25.5. The van der Waals surface area contributed by atoms with Crippen LogP contribution in [0.15, 0.2) is 124 Å². The molecule has 4 aromatic carbocycles. The lowest BCUT2D eigenvalue weighted by atomic mass is 9.86. The van der Waals surface area contributed by atoms with Crippen LogP contribution in [-0.4, -0.2) is 71.2 Å². The van der Waals surface area contributed by atoms with Gasteiger partial charge in [0.15, 0.2) is 0 Å². The Hall–Kier alpha value is -6.72. The molecule has 0 bridgehead atoms. The van der Waals surface area contributed by atoms with E-state index in [0.717, 1.165) is 46.3 Å². The SMILES string of the molecule is C.CC(C)(C)C(=O)N1CCOCC1.CC(C)(C)C1=NS(=O)(=O)c2ccccc21.CC(C)(C)c1[nH]c(=O)nc2ccccc12.CC(C)(C)c1nc(=O)oc2cc(F)ccc12.CC(C)(C)c1nc(=O)oc2ccccc12. The molecule has 9 rings (SSSR count). The first kappa shape index (κ1) is 59.8. The Balaban J connectivity index is 0.000000200. The molecule has 74 heavy (non-hydrogen) atoms. The van der Waals surface area contributed by atoms with E-state index in [1.807, 2.05) is 143 Å². The number of aromatic amines is 1. The number of morpholine rings is 1. The summed E-state index contributed by atoms with van der Waals surface area (Å²) in [7, 11) is -3.45. The Morgan fingerprint density at radius 2 is 1.11 bits per heavy atom. The molecule has 1 N–H and O–H groups in total. The quantitative estimate of drug-likeness (QED) is 0.150. The molecule has 17 heteroatoms. The minimum atomic E-state index is -3.45. The molecule has 0 aliphatic carbocycles. The smallest absolute Gasteiger partial charge is 0.408 e. The Bertz CT molecular complexity index is 3330. The molecule has 5 heterocycles. The number of halogens is 1. The summed E-state index contributed by atoms with van der Waals surface area (Å²) in [5, 5.41) is 2.60. The van der Waals surface area contributed by atoms with Crippen LogP contribution in [0.3, 0.4) is 0 Å². The van der Waals surface area contributed by atoms with Gasteiger partial charge in [-0.15, -0.1) is 0 Å². The molecule has 1 amide bonds. The fraction of sp³-hybridized carbons (Fsp3) is 0.439. The van der Waals surface area contributed by atoms with E-state index in [1.165, 1.54) is 12.1 Å². The summed E-state index contributed by atoms with van der Waals surface area (Å²) in [4.78, 5) is 62.4. The van der Waals surface area contributed by atoms with E-state index in [4.69, 9.17) is 13.6 Å². The van der Waals surface area contributed by atoms with Crippen molar-refractivity contribution in [1.82, 2.24) is 24.8 Å². The first-order valence-electron chi connectivity index (χ1n) is 24.0. The number of fused-ring (bicyclic) bond motifs is 4. The van der Waals surface area contributed by atoms with Crippen LogP contribution in [0, 0.1) is 16.6 Å². The van der Waals surface area contributed by atoms with Crippen molar-refractivity contribution in [3.05, 3.63) is 151 Å². The summed E-state index contributed by atoms with van der Waals surface area (Å²) in [6.45, 7) is 32.7. The summed E-state index contributed by atoms with van der Waals surface area (Å²) in [5.74, 6) is -1.42. The molecule has 0 unspecified atom stereocenters. The lowest BCUT2D eigenvalue weighted by molar-refractivity contribution is -0.143. The van der Waals surface area contributed by atoms with Gasteiger partial charge in [0.25, 0.3) is 10.0 Å². The Morgan fingerprint density at radius 1 is 0.608 bits per heavy atom. The van der Waals surface area contributed by atoms with Gasteiger partial charge in [0.05, 0.1) is 40.7 Å². The number of H-pyrrole nitrogens is 1. The number of carbonyl (C=O) groups is 1. The number of para-hydroxylation sites is 2. The van der Waals surface area contributed by atoms with Crippen LogP contribution in [0.2, 0.25) is 0 Å². The largest absolute Gasteiger partial charge is 0.439 e. The zero-order chi connectivity index (χ0) is 54.5. The van der Waals surface area contributed by atoms with Gasteiger partial charge in [-0.1, -0.05) is 160 Å². The van der Waals surface area contributed by atoms with Crippen LogP contribution in [0.4, 0.5) is 4.39 Å². The molecular formula is C57H73FN6O9S. The van der Waals surface area contributed by atoms with E-state index in [9.17, 15) is 32.0 Å². The lowest BCUT2D eigenvalue weighted by Gasteiger charge is -2.32. The van der Waals surface area contributed by atoms with E-state index >= 15 is 0 Å². The maximum atomic E-state index is 13.0. The van der Waals surface area contributed by atoms with E-state index in [1.54, 1.807) is 24.3 Å². The second kappa shape index (κ2) is 23.2. The van der Waals surface area contributed by atoms with E-state index < -0.39 is 27.4 Å². The molecule has 3 aromatic heterocycles. The number of nitrogens with one attached hydrogen (secondary N) is 1. The van der Waals surface area contributed by atoms with Crippen LogP contribution < -0.4 is 17.2 Å². The third-order valence-corrected chi connectivity index (χ3v) is 12.6. The van der Waals surface area contributed by atoms with Crippen molar-refractivity contribution in [2.24, 2.45) is 15.2 Å². The molecule has 1 saturated heterocycles. The minimum Gasteiger partial charge on any atom is -0.408 e. The summed E-state index contributed by atoms with van der Waals surface area (Å²) in [5.41, 5.74) is 4.03. The maximum Gasteiger partial charge on any atom is 0.439 e. The first-order chi connectivity index (χ1) is 33.7. The number of hydrogen-bond acceptors (Lipinski definition) is 12. The van der Waals surface area contributed by atoms with E-state index in [-0.39, 0.29) is 51.7 Å². The van der Waals surface area contributed by atoms with Gasteiger partial charge in [-0.2, -0.15) is 27.8 Å². The Kier molecular flexibility index (Phi) is 18.8. The number of carbonyl (C=O) groups excluding carboxylic acids is 1. The van der Waals surface area contributed by atoms with E-state index in [0.29, 0.717) is 40.5 Å². The van der Waals surface area contributed by atoms with Gasteiger partial charge < -0.3 is 23.5 Å². The average molecular weight is 1040 g/mol. The summed E-state index contributed by atoms with van der Waals surface area (Å²) in [6.07, 6.45) is 0. The minimum absolute atomic E-state index is 0. The third kappa shape index (κ3) is 15.4.